The van der Waals surface area contributed by atoms with Crippen LogP contribution in [-0.2, 0) is 0 Å². The summed E-state index contributed by atoms with van der Waals surface area (Å²) in [6, 6.07) is 0. The van der Waals surface area contributed by atoms with Gasteiger partial charge >= 0.3 is 0 Å². The summed E-state index contributed by atoms with van der Waals surface area (Å²) in [5.74, 6) is -2.42. The molecule has 3 heteroatoms. The van der Waals surface area contributed by atoms with Crippen LogP contribution >= 0.6 is 0 Å². The molecule has 0 radical (unpaired) electrons. The molecule has 0 aromatic carbocycles. The summed E-state index contributed by atoms with van der Waals surface area (Å²) in [6.07, 6.45) is 2.18. The predicted octanol–water partition coefficient (Wildman–Crippen LogP) is 1.74. The Morgan fingerprint density at radius 3 is 2.27 bits per heavy atom. The molecule has 11 heavy (non-hydrogen) atoms. The van der Waals surface area contributed by atoms with Crippen molar-refractivity contribution in [3.05, 3.63) is 0 Å². The van der Waals surface area contributed by atoms with E-state index in [-0.39, 0.29) is 6.54 Å². The van der Waals surface area contributed by atoms with Crippen LogP contribution in [0.15, 0.2) is 0 Å². The predicted molar refractivity (Wildman–Crippen MR) is 38.7 cm³/mol. The van der Waals surface area contributed by atoms with Crippen LogP contribution in [-0.4, -0.2) is 31.0 Å². The monoisotopic (exact) mass is 161 g/mol. The quantitative estimate of drug-likeness (QED) is 0.523. The normalized spacial score (nSPS) is 34.1. The molecule has 0 bridgehead atoms. The van der Waals surface area contributed by atoms with Crippen molar-refractivity contribution < 1.29 is 8.78 Å². The van der Waals surface area contributed by atoms with E-state index in [2.05, 4.69) is 0 Å². The third-order valence-electron chi connectivity index (χ3n) is 3.07. The van der Waals surface area contributed by atoms with Gasteiger partial charge in [-0.1, -0.05) is 0 Å². The third-order valence-corrected chi connectivity index (χ3v) is 3.07. The summed E-state index contributed by atoms with van der Waals surface area (Å²) >= 11 is 0. The minimum Gasteiger partial charge on any atom is -0.301 e. The molecule has 0 atom stereocenters. The van der Waals surface area contributed by atoms with Crippen LogP contribution < -0.4 is 0 Å². The van der Waals surface area contributed by atoms with Gasteiger partial charge in [-0.3, -0.25) is 0 Å². The first-order valence-corrected chi connectivity index (χ1v) is 4.12. The first-order valence-electron chi connectivity index (χ1n) is 4.12. The van der Waals surface area contributed by atoms with Crippen molar-refractivity contribution in [1.82, 2.24) is 4.90 Å². The zero-order valence-electron chi connectivity index (χ0n) is 6.74. The van der Waals surface area contributed by atoms with Crippen molar-refractivity contribution >= 4 is 0 Å². The van der Waals surface area contributed by atoms with Crippen molar-refractivity contribution in [3.63, 3.8) is 0 Å². The van der Waals surface area contributed by atoms with E-state index in [0.717, 1.165) is 19.4 Å². The third kappa shape index (κ3) is 0.975. The van der Waals surface area contributed by atoms with Crippen LogP contribution in [0.5, 0.6) is 0 Å². The highest BCUT2D eigenvalue weighted by Gasteiger charge is 2.63. The van der Waals surface area contributed by atoms with Gasteiger partial charge in [0.25, 0.3) is 5.92 Å². The molecule has 1 saturated heterocycles. The zero-order chi connectivity index (χ0) is 8.11. The second-order valence-electron chi connectivity index (χ2n) is 3.97. The van der Waals surface area contributed by atoms with Gasteiger partial charge in [-0.2, -0.15) is 0 Å². The fraction of sp³-hybridized carbons (Fsp3) is 1.00. The summed E-state index contributed by atoms with van der Waals surface area (Å²) in [5.41, 5.74) is -0.570. The summed E-state index contributed by atoms with van der Waals surface area (Å²) in [6.45, 7) is 0.808. The molecule has 0 aromatic heterocycles. The van der Waals surface area contributed by atoms with Gasteiger partial charge < -0.3 is 4.90 Å². The minimum absolute atomic E-state index is 0.0347. The standard InChI is InChI=1S/C8H13F2N/c1-11-5-4-7(2-3-7)8(9,10)6-11/h2-6H2,1H3. The zero-order valence-corrected chi connectivity index (χ0v) is 6.74. The van der Waals surface area contributed by atoms with Gasteiger partial charge in [0, 0.05) is 5.41 Å². The Labute approximate surface area is 65.4 Å². The van der Waals surface area contributed by atoms with Crippen LogP contribution in [0.1, 0.15) is 19.3 Å². The smallest absolute Gasteiger partial charge is 0.266 e. The Morgan fingerprint density at radius 2 is 1.82 bits per heavy atom. The van der Waals surface area contributed by atoms with Crippen molar-refractivity contribution in [2.45, 2.75) is 25.2 Å². The van der Waals surface area contributed by atoms with Gasteiger partial charge in [-0.25, -0.2) is 8.78 Å². The largest absolute Gasteiger partial charge is 0.301 e. The molecule has 0 amide bonds. The van der Waals surface area contributed by atoms with Crippen molar-refractivity contribution in [2.75, 3.05) is 20.1 Å². The molecule has 64 valence electrons. The van der Waals surface area contributed by atoms with Crippen molar-refractivity contribution in [3.8, 4) is 0 Å². The number of rotatable bonds is 0. The molecule has 1 aliphatic carbocycles. The second kappa shape index (κ2) is 1.94. The fourth-order valence-corrected chi connectivity index (χ4v) is 1.94. The molecule has 2 aliphatic rings. The number of hydrogen-bond donors (Lipinski definition) is 0. The molecule has 1 aliphatic heterocycles. The molecule has 0 aromatic rings. The van der Waals surface area contributed by atoms with Gasteiger partial charge in [0.2, 0.25) is 0 Å². The minimum atomic E-state index is -2.42. The van der Waals surface area contributed by atoms with Crippen LogP contribution in [0, 0.1) is 5.41 Å². The van der Waals surface area contributed by atoms with Gasteiger partial charge in [0.1, 0.15) is 0 Å². The van der Waals surface area contributed by atoms with Crippen molar-refractivity contribution in [2.24, 2.45) is 5.41 Å². The Morgan fingerprint density at radius 1 is 1.18 bits per heavy atom. The lowest BCUT2D eigenvalue weighted by molar-refractivity contribution is -0.119. The molecule has 2 fully saturated rings. The average Bonchev–Trinajstić information content (AvgIpc) is 2.60. The Hall–Kier alpha value is -0.180. The molecule has 1 saturated carbocycles. The second-order valence-corrected chi connectivity index (χ2v) is 3.97. The lowest BCUT2D eigenvalue weighted by atomic mass is 9.90. The summed E-state index contributed by atoms with van der Waals surface area (Å²) in [5, 5.41) is 0. The Kier molecular flexibility index (Phi) is 1.32. The van der Waals surface area contributed by atoms with Crippen LogP contribution in [0.25, 0.3) is 0 Å². The topological polar surface area (TPSA) is 3.24 Å². The number of piperidine rings is 1. The van der Waals surface area contributed by atoms with E-state index in [0.29, 0.717) is 6.42 Å². The maximum absolute atomic E-state index is 13.3. The molecule has 0 N–H and O–H groups in total. The van der Waals surface area contributed by atoms with E-state index in [1.165, 1.54) is 0 Å². The number of likely N-dealkylation sites (tertiary alicyclic amines) is 1. The fourth-order valence-electron chi connectivity index (χ4n) is 1.94. The lowest BCUT2D eigenvalue weighted by Gasteiger charge is -2.36. The van der Waals surface area contributed by atoms with Crippen LogP contribution in [0.4, 0.5) is 8.78 Å². The number of halogens is 2. The van der Waals surface area contributed by atoms with Gasteiger partial charge in [-0.15, -0.1) is 0 Å². The van der Waals surface area contributed by atoms with E-state index < -0.39 is 11.3 Å². The average molecular weight is 161 g/mol. The molecule has 1 spiro atoms. The number of hydrogen-bond acceptors (Lipinski definition) is 1. The van der Waals surface area contributed by atoms with Gasteiger partial charge in [0.15, 0.2) is 0 Å². The SMILES string of the molecule is CN1CCC2(CC2)C(F)(F)C1. The summed E-state index contributed by atoms with van der Waals surface area (Å²) < 4.78 is 26.5. The number of alkyl halides is 2. The highest BCUT2D eigenvalue weighted by Crippen LogP contribution is 2.60. The van der Waals surface area contributed by atoms with E-state index in [9.17, 15) is 8.78 Å². The first-order chi connectivity index (χ1) is 5.06. The van der Waals surface area contributed by atoms with E-state index >= 15 is 0 Å². The van der Waals surface area contributed by atoms with Crippen LogP contribution in [0.2, 0.25) is 0 Å². The van der Waals surface area contributed by atoms with E-state index in [1.54, 1.807) is 11.9 Å². The lowest BCUT2D eigenvalue weighted by Crippen LogP contribution is -2.48. The maximum atomic E-state index is 13.3. The van der Waals surface area contributed by atoms with E-state index in [4.69, 9.17) is 0 Å². The molecular formula is C8H13F2N. The molecular weight excluding hydrogens is 148 g/mol. The molecule has 2 rings (SSSR count). The van der Waals surface area contributed by atoms with Gasteiger partial charge in [0.05, 0.1) is 6.54 Å². The van der Waals surface area contributed by atoms with Crippen LogP contribution in [0.3, 0.4) is 0 Å². The first kappa shape index (κ1) is 7.47. The molecule has 1 nitrogen and oxygen atoms in total. The maximum Gasteiger partial charge on any atom is 0.266 e. The molecule has 1 heterocycles. The molecule has 0 unspecified atom stereocenters. The van der Waals surface area contributed by atoms with Gasteiger partial charge in [-0.05, 0) is 32.9 Å². The Bertz CT molecular complexity index is 175. The highest BCUT2D eigenvalue weighted by molar-refractivity contribution is 5.07. The summed E-state index contributed by atoms with van der Waals surface area (Å²) in [4.78, 5) is 1.73. The van der Waals surface area contributed by atoms with E-state index in [1.807, 2.05) is 0 Å². The van der Waals surface area contributed by atoms with Crippen molar-refractivity contribution in [1.29, 1.82) is 0 Å². The number of nitrogens with zero attached hydrogens (tertiary/aromatic N) is 1. The Balaban J connectivity index is 2.14. The summed E-state index contributed by atoms with van der Waals surface area (Å²) in [7, 11) is 1.77. The highest BCUT2D eigenvalue weighted by atomic mass is 19.3.